The normalized spacial score (nSPS) is 15.7. The maximum Gasteiger partial charge on any atom is 0.335 e. The van der Waals surface area contributed by atoms with Gasteiger partial charge in [0.05, 0.1) is 5.56 Å². The predicted octanol–water partition coefficient (Wildman–Crippen LogP) is 8.15. The summed E-state index contributed by atoms with van der Waals surface area (Å²) in [5.74, 6) is -0.0446. The van der Waals surface area contributed by atoms with Crippen molar-refractivity contribution in [1.82, 2.24) is 0 Å². The molecule has 0 heterocycles. The van der Waals surface area contributed by atoms with Crippen LogP contribution in [0.15, 0.2) is 72.3 Å². The summed E-state index contributed by atoms with van der Waals surface area (Å²) in [7, 11) is 0. The fourth-order valence-electron chi connectivity index (χ4n) is 5.14. The van der Waals surface area contributed by atoms with Crippen LogP contribution in [0.1, 0.15) is 92.6 Å². The number of aromatic carboxylic acids is 1. The highest BCUT2D eigenvalue weighted by atomic mass is 16.5. The van der Waals surface area contributed by atoms with Gasteiger partial charge in [-0.15, -0.1) is 0 Å². The number of ether oxygens (including phenoxy) is 1. The average Bonchev–Trinajstić information content (AvgIpc) is 2.82. The summed E-state index contributed by atoms with van der Waals surface area (Å²) >= 11 is 0. The first-order valence-corrected chi connectivity index (χ1v) is 12.4. The van der Waals surface area contributed by atoms with Crippen molar-refractivity contribution in [3.05, 3.63) is 106 Å². The average molecular weight is 469 g/mol. The third-order valence-electron chi connectivity index (χ3n) is 7.38. The second-order valence-electron chi connectivity index (χ2n) is 11.2. The van der Waals surface area contributed by atoms with E-state index in [0.29, 0.717) is 6.61 Å². The highest BCUT2D eigenvalue weighted by Gasteiger charge is 2.38. The van der Waals surface area contributed by atoms with E-state index in [0.717, 1.165) is 46.4 Å². The van der Waals surface area contributed by atoms with Gasteiger partial charge >= 0.3 is 5.97 Å². The molecule has 0 aromatic heterocycles. The number of carboxylic acid groups (broad SMARTS) is 1. The lowest BCUT2D eigenvalue weighted by Crippen LogP contribution is -2.34. The fourth-order valence-corrected chi connectivity index (χ4v) is 5.14. The zero-order valence-electron chi connectivity index (χ0n) is 21.7. The van der Waals surface area contributed by atoms with Crippen LogP contribution in [0.3, 0.4) is 0 Å². The van der Waals surface area contributed by atoms with Crippen LogP contribution < -0.4 is 4.74 Å². The van der Waals surface area contributed by atoms with Gasteiger partial charge in [-0.25, -0.2) is 4.79 Å². The summed E-state index contributed by atoms with van der Waals surface area (Å²) in [4.78, 5) is 11.4. The van der Waals surface area contributed by atoms with Crippen molar-refractivity contribution in [3.63, 3.8) is 0 Å². The third kappa shape index (κ3) is 5.05. The van der Waals surface area contributed by atoms with E-state index in [9.17, 15) is 9.90 Å². The van der Waals surface area contributed by atoms with Crippen LogP contribution in [-0.4, -0.2) is 11.1 Å². The Kier molecular flexibility index (Phi) is 6.64. The Balaban J connectivity index is 1.90. The van der Waals surface area contributed by atoms with Crippen molar-refractivity contribution in [2.24, 2.45) is 0 Å². The standard InChI is InChI=1S/C32H36O3/c1-21(2)29(23-12-14-24(15-13-23)30(33)34)25-18-26-27(32(5,6)17-16-31(26,3)4)19-28(25)35-20-22-10-8-7-9-11-22/h7-15,18-19H,16-17,20H2,1-6H3,(H,33,34). The Morgan fingerprint density at radius 1 is 0.829 bits per heavy atom. The molecule has 3 nitrogen and oxygen atoms in total. The van der Waals surface area contributed by atoms with Gasteiger partial charge in [0.15, 0.2) is 0 Å². The topological polar surface area (TPSA) is 46.5 Å². The number of carboxylic acids is 1. The van der Waals surface area contributed by atoms with Crippen molar-refractivity contribution < 1.29 is 14.6 Å². The monoisotopic (exact) mass is 468 g/mol. The van der Waals surface area contributed by atoms with E-state index in [1.807, 2.05) is 30.3 Å². The summed E-state index contributed by atoms with van der Waals surface area (Å²) in [5, 5.41) is 9.37. The molecule has 0 unspecified atom stereocenters. The van der Waals surface area contributed by atoms with Gasteiger partial charge in [-0.3, -0.25) is 0 Å². The lowest BCUT2D eigenvalue weighted by molar-refractivity contribution is 0.0697. The van der Waals surface area contributed by atoms with E-state index in [2.05, 4.69) is 65.8 Å². The van der Waals surface area contributed by atoms with Gasteiger partial charge < -0.3 is 9.84 Å². The highest BCUT2D eigenvalue weighted by Crippen LogP contribution is 2.49. The molecule has 3 aromatic carbocycles. The molecular formula is C32H36O3. The number of fused-ring (bicyclic) bond motifs is 1. The molecule has 0 spiro atoms. The molecular weight excluding hydrogens is 432 g/mol. The maximum atomic E-state index is 11.4. The molecule has 3 heteroatoms. The van der Waals surface area contributed by atoms with Crippen molar-refractivity contribution in [3.8, 4) is 5.75 Å². The van der Waals surface area contributed by atoms with Crippen LogP contribution in [0.2, 0.25) is 0 Å². The molecule has 0 saturated heterocycles. The van der Waals surface area contributed by atoms with E-state index in [4.69, 9.17) is 4.74 Å². The molecule has 0 radical (unpaired) electrons. The fraction of sp³-hybridized carbons (Fsp3) is 0.344. The molecule has 0 bridgehead atoms. The molecule has 182 valence electrons. The Morgan fingerprint density at radius 3 is 1.91 bits per heavy atom. The van der Waals surface area contributed by atoms with Gasteiger partial charge in [0.2, 0.25) is 0 Å². The van der Waals surface area contributed by atoms with E-state index in [1.54, 1.807) is 12.1 Å². The summed E-state index contributed by atoms with van der Waals surface area (Å²) in [6.45, 7) is 14.0. The lowest BCUT2D eigenvalue weighted by atomic mass is 9.62. The van der Waals surface area contributed by atoms with Gasteiger partial charge in [-0.05, 0) is 89.6 Å². The van der Waals surface area contributed by atoms with Crippen LogP contribution in [0.4, 0.5) is 0 Å². The minimum Gasteiger partial charge on any atom is -0.488 e. The summed E-state index contributed by atoms with van der Waals surface area (Å²) < 4.78 is 6.54. The first kappa shape index (κ1) is 24.8. The number of hydrogen-bond donors (Lipinski definition) is 1. The minimum atomic E-state index is -0.917. The molecule has 0 saturated carbocycles. The molecule has 1 aliphatic carbocycles. The first-order chi connectivity index (χ1) is 16.5. The SMILES string of the molecule is CC(C)=C(c1ccc(C(=O)O)cc1)c1cc2c(cc1OCc1ccccc1)C(C)(C)CCC2(C)C. The van der Waals surface area contributed by atoms with E-state index >= 15 is 0 Å². The quantitative estimate of drug-likeness (QED) is 0.397. The molecule has 0 aliphatic heterocycles. The van der Waals surface area contributed by atoms with Gasteiger partial charge in [0, 0.05) is 5.56 Å². The zero-order chi connectivity index (χ0) is 25.4. The van der Waals surface area contributed by atoms with Crippen molar-refractivity contribution in [2.45, 2.75) is 71.8 Å². The van der Waals surface area contributed by atoms with Gasteiger partial charge in [0.1, 0.15) is 12.4 Å². The Bertz CT molecular complexity index is 1260. The minimum absolute atomic E-state index is 0.0669. The molecule has 1 aliphatic rings. The second-order valence-corrected chi connectivity index (χ2v) is 11.2. The summed E-state index contributed by atoms with van der Waals surface area (Å²) in [5.41, 5.74) is 8.58. The smallest absolute Gasteiger partial charge is 0.335 e. The maximum absolute atomic E-state index is 11.4. The second kappa shape index (κ2) is 9.37. The van der Waals surface area contributed by atoms with Crippen molar-refractivity contribution >= 4 is 11.5 Å². The van der Waals surface area contributed by atoms with Crippen LogP contribution in [0.25, 0.3) is 5.57 Å². The Morgan fingerprint density at radius 2 is 1.37 bits per heavy atom. The number of allylic oxidation sites excluding steroid dienone is 1. The number of benzene rings is 3. The highest BCUT2D eigenvalue weighted by molar-refractivity contribution is 5.90. The first-order valence-electron chi connectivity index (χ1n) is 12.4. The third-order valence-corrected chi connectivity index (χ3v) is 7.38. The van der Waals surface area contributed by atoms with Crippen LogP contribution >= 0.6 is 0 Å². The predicted molar refractivity (Wildman–Crippen MR) is 143 cm³/mol. The molecule has 35 heavy (non-hydrogen) atoms. The number of rotatable bonds is 6. The number of carbonyl (C=O) groups is 1. The Labute approximate surface area is 209 Å². The molecule has 3 aromatic rings. The molecule has 0 fully saturated rings. The molecule has 1 N–H and O–H groups in total. The van der Waals surface area contributed by atoms with Crippen molar-refractivity contribution in [1.29, 1.82) is 0 Å². The summed E-state index contributed by atoms with van der Waals surface area (Å²) in [6, 6.07) is 22.0. The van der Waals surface area contributed by atoms with E-state index in [1.165, 1.54) is 11.1 Å². The van der Waals surface area contributed by atoms with Crippen LogP contribution in [0.5, 0.6) is 5.75 Å². The van der Waals surface area contributed by atoms with Gasteiger partial charge in [0.25, 0.3) is 0 Å². The van der Waals surface area contributed by atoms with E-state index in [-0.39, 0.29) is 16.4 Å². The molecule has 0 atom stereocenters. The molecule has 4 rings (SSSR count). The van der Waals surface area contributed by atoms with Gasteiger partial charge in [-0.1, -0.05) is 75.7 Å². The number of hydrogen-bond acceptors (Lipinski definition) is 2. The largest absolute Gasteiger partial charge is 0.488 e. The lowest BCUT2D eigenvalue weighted by Gasteiger charge is -2.42. The summed E-state index contributed by atoms with van der Waals surface area (Å²) in [6.07, 6.45) is 2.27. The van der Waals surface area contributed by atoms with E-state index < -0.39 is 5.97 Å². The molecule has 0 amide bonds. The zero-order valence-corrected chi connectivity index (χ0v) is 21.7. The van der Waals surface area contributed by atoms with Gasteiger partial charge in [-0.2, -0.15) is 0 Å². The van der Waals surface area contributed by atoms with Crippen LogP contribution in [0, 0.1) is 0 Å². The van der Waals surface area contributed by atoms with Crippen molar-refractivity contribution in [2.75, 3.05) is 0 Å². The van der Waals surface area contributed by atoms with Crippen LogP contribution in [-0.2, 0) is 17.4 Å². The Hall–Kier alpha value is -3.33.